The third kappa shape index (κ3) is 3.53. The zero-order valence-electron chi connectivity index (χ0n) is 11.4. The van der Waals surface area contributed by atoms with Crippen molar-refractivity contribution < 1.29 is 9.53 Å². The first-order chi connectivity index (χ1) is 9.08. The summed E-state index contributed by atoms with van der Waals surface area (Å²) in [6, 6.07) is 7.47. The molecule has 0 aromatic heterocycles. The molecule has 0 spiro atoms. The van der Waals surface area contributed by atoms with Crippen molar-refractivity contribution in [3.63, 3.8) is 0 Å². The smallest absolute Gasteiger partial charge is 0.308 e. The average Bonchev–Trinajstić information content (AvgIpc) is 2.39. The van der Waals surface area contributed by atoms with E-state index < -0.39 is 0 Å². The van der Waals surface area contributed by atoms with Gasteiger partial charge in [0.25, 0.3) is 0 Å². The molecule has 1 aromatic carbocycles. The summed E-state index contributed by atoms with van der Waals surface area (Å²) < 4.78 is 5.23. The Morgan fingerprint density at radius 1 is 1.32 bits per heavy atom. The number of nitrogens with zero attached hydrogens (tertiary/aromatic N) is 1. The Morgan fingerprint density at radius 2 is 1.95 bits per heavy atom. The SMILES string of the molecule is CC(=O)Oc1ccccc1C(=S)N1CCC(C)CC1. The van der Waals surface area contributed by atoms with E-state index in [0.29, 0.717) is 5.75 Å². The molecule has 1 fully saturated rings. The number of hydrogen-bond acceptors (Lipinski definition) is 3. The van der Waals surface area contributed by atoms with Gasteiger partial charge in [-0.05, 0) is 30.9 Å². The summed E-state index contributed by atoms with van der Waals surface area (Å²) in [5, 5.41) is 0. The number of rotatable bonds is 2. The topological polar surface area (TPSA) is 29.5 Å². The van der Waals surface area contributed by atoms with Gasteiger partial charge in [-0.2, -0.15) is 0 Å². The van der Waals surface area contributed by atoms with Crippen LogP contribution >= 0.6 is 12.2 Å². The van der Waals surface area contributed by atoms with Gasteiger partial charge in [0.15, 0.2) is 0 Å². The third-order valence-electron chi connectivity index (χ3n) is 3.44. The van der Waals surface area contributed by atoms with E-state index in [4.69, 9.17) is 17.0 Å². The number of carbonyl (C=O) groups excluding carboxylic acids is 1. The summed E-state index contributed by atoms with van der Waals surface area (Å²) in [4.78, 5) is 14.1. The van der Waals surface area contributed by atoms with E-state index in [2.05, 4.69) is 11.8 Å². The molecule has 0 saturated carbocycles. The van der Waals surface area contributed by atoms with Gasteiger partial charge < -0.3 is 9.64 Å². The summed E-state index contributed by atoms with van der Waals surface area (Å²) in [6.45, 7) is 5.64. The molecule has 1 aromatic rings. The van der Waals surface area contributed by atoms with Gasteiger partial charge in [0.05, 0.1) is 5.56 Å². The van der Waals surface area contributed by atoms with Gasteiger partial charge in [-0.1, -0.05) is 31.3 Å². The zero-order chi connectivity index (χ0) is 13.8. The highest BCUT2D eigenvalue weighted by atomic mass is 32.1. The summed E-state index contributed by atoms with van der Waals surface area (Å²) >= 11 is 5.55. The van der Waals surface area contributed by atoms with Crippen LogP contribution in [0.4, 0.5) is 0 Å². The van der Waals surface area contributed by atoms with Crippen LogP contribution in [0.25, 0.3) is 0 Å². The van der Waals surface area contributed by atoms with Crippen LogP contribution in [0.1, 0.15) is 32.3 Å². The number of piperidine rings is 1. The molecule has 0 aliphatic carbocycles. The second-order valence-electron chi connectivity index (χ2n) is 5.06. The Morgan fingerprint density at radius 3 is 2.58 bits per heavy atom. The summed E-state index contributed by atoms with van der Waals surface area (Å²) in [6.07, 6.45) is 2.33. The molecule has 1 saturated heterocycles. The molecule has 1 aliphatic rings. The number of esters is 1. The van der Waals surface area contributed by atoms with E-state index in [1.807, 2.05) is 18.2 Å². The molecule has 0 unspecified atom stereocenters. The number of hydrogen-bond donors (Lipinski definition) is 0. The van der Waals surface area contributed by atoms with E-state index in [1.165, 1.54) is 6.92 Å². The van der Waals surface area contributed by atoms with Gasteiger partial charge in [-0.3, -0.25) is 4.79 Å². The van der Waals surface area contributed by atoms with Crippen LogP contribution in [0.5, 0.6) is 5.75 Å². The van der Waals surface area contributed by atoms with Gasteiger partial charge in [-0.25, -0.2) is 0 Å². The Bertz CT molecular complexity index is 479. The van der Waals surface area contributed by atoms with Gasteiger partial charge in [0, 0.05) is 20.0 Å². The first-order valence-corrected chi connectivity index (χ1v) is 7.05. The molecule has 3 nitrogen and oxygen atoms in total. The lowest BCUT2D eigenvalue weighted by Gasteiger charge is -2.32. The first kappa shape index (κ1) is 14.0. The molecular weight excluding hydrogens is 258 g/mol. The summed E-state index contributed by atoms with van der Waals surface area (Å²) in [7, 11) is 0. The molecule has 0 bridgehead atoms. The van der Waals surface area contributed by atoms with Crippen molar-refractivity contribution in [2.45, 2.75) is 26.7 Å². The van der Waals surface area contributed by atoms with Crippen molar-refractivity contribution in [1.29, 1.82) is 0 Å². The monoisotopic (exact) mass is 277 g/mol. The zero-order valence-corrected chi connectivity index (χ0v) is 12.2. The molecular formula is C15H19NO2S. The number of likely N-dealkylation sites (tertiary alicyclic amines) is 1. The van der Waals surface area contributed by atoms with Crippen molar-refractivity contribution in [1.82, 2.24) is 4.90 Å². The maximum atomic E-state index is 11.1. The molecule has 4 heteroatoms. The van der Waals surface area contributed by atoms with Crippen molar-refractivity contribution in [3.8, 4) is 5.75 Å². The Hall–Kier alpha value is -1.42. The highest BCUT2D eigenvalue weighted by Gasteiger charge is 2.21. The van der Waals surface area contributed by atoms with Crippen LogP contribution < -0.4 is 4.74 Å². The van der Waals surface area contributed by atoms with Crippen LogP contribution in [-0.4, -0.2) is 28.9 Å². The standard InChI is InChI=1S/C15H19NO2S/c1-11-7-9-16(10-8-11)15(19)13-5-3-4-6-14(13)18-12(2)17/h3-6,11H,7-10H2,1-2H3. The molecule has 19 heavy (non-hydrogen) atoms. The minimum absolute atomic E-state index is 0.317. The van der Waals surface area contributed by atoms with Crippen LogP contribution in [0, 0.1) is 5.92 Å². The highest BCUT2D eigenvalue weighted by molar-refractivity contribution is 7.80. The highest BCUT2D eigenvalue weighted by Crippen LogP contribution is 2.24. The molecule has 0 atom stereocenters. The van der Waals surface area contributed by atoms with Crippen molar-refractivity contribution >= 4 is 23.2 Å². The molecule has 0 radical (unpaired) electrons. The molecule has 1 heterocycles. The Labute approximate surface area is 119 Å². The predicted molar refractivity (Wildman–Crippen MR) is 79.4 cm³/mol. The minimum atomic E-state index is -0.317. The van der Waals surface area contributed by atoms with E-state index >= 15 is 0 Å². The average molecular weight is 277 g/mol. The van der Waals surface area contributed by atoms with E-state index in [-0.39, 0.29) is 5.97 Å². The largest absolute Gasteiger partial charge is 0.426 e. The van der Waals surface area contributed by atoms with E-state index in [1.54, 1.807) is 6.07 Å². The van der Waals surface area contributed by atoms with Gasteiger partial charge in [0.2, 0.25) is 0 Å². The quantitative estimate of drug-likeness (QED) is 0.472. The number of para-hydroxylation sites is 1. The number of carbonyl (C=O) groups is 1. The van der Waals surface area contributed by atoms with Crippen LogP contribution in [-0.2, 0) is 4.79 Å². The second kappa shape index (κ2) is 6.15. The van der Waals surface area contributed by atoms with Crippen LogP contribution in [0.2, 0.25) is 0 Å². The third-order valence-corrected chi connectivity index (χ3v) is 3.92. The maximum absolute atomic E-state index is 11.1. The first-order valence-electron chi connectivity index (χ1n) is 6.64. The maximum Gasteiger partial charge on any atom is 0.308 e. The van der Waals surface area contributed by atoms with Crippen molar-refractivity contribution in [2.24, 2.45) is 5.92 Å². The fraction of sp³-hybridized carbons (Fsp3) is 0.467. The van der Waals surface area contributed by atoms with E-state index in [0.717, 1.165) is 42.4 Å². The minimum Gasteiger partial charge on any atom is -0.426 e. The lowest BCUT2D eigenvalue weighted by atomic mass is 9.99. The number of thiocarbonyl (C=S) groups is 1. The van der Waals surface area contributed by atoms with Crippen LogP contribution in [0.15, 0.2) is 24.3 Å². The van der Waals surface area contributed by atoms with Crippen molar-refractivity contribution in [2.75, 3.05) is 13.1 Å². The Kier molecular flexibility index (Phi) is 4.53. The lowest BCUT2D eigenvalue weighted by molar-refractivity contribution is -0.131. The number of ether oxygens (including phenoxy) is 1. The summed E-state index contributed by atoms with van der Waals surface area (Å²) in [5.41, 5.74) is 0.835. The van der Waals surface area contributed by atoms with E-state index in [9.17, 15) is 4.79 Å². The lowest BCUT2D eigenvalue weighted by Crippen LogP contribution is -2.37. The molecule has 0 amide bonds. The number of benzene rings is 1. The molecule has 1 aliphatic heterocycles. The second-order valence-corrected chi connectivity index (χ2v) is 5.45. The van der Waals surface area contributed by atoms with Gasteiger partial charge in [0.1, 0.15) is 10.7 Å². The van der Waals surface area contributed by atoms with Gasteiger partial charge >= 0.3 is 5.97 Å². The molecule has 0 N–H and O–H groups in total. The molecule has 102 valence electrons. The fourth-order valence-corrected chi connectivity index (χ4v) is 2.62. The predicted octanol–water partition coefficient (Wildman–Crippen LogP) is 3.02. The molecule has 2 rings (SSSR count). The normalized spacial score (nSPS) is 16.2. The fourth-order valence-electron chi connectivity index (χ4n) is 2.27. The van der Waals surface area contributed by atoms with Gasteiger partial charge in [-0.15, -0.1) is 0 Å². The Balaban J connectivity index is 2.16. The summed E-state index contributed by atoms with van der Waals surface area (Å²) in [5.74, 6) is 1.00. The van der Waals surface area contributed by atoms with Crippen molar-refractivity contribution in [3.05, 3.63) is 29.8 Å². The van der Waals surface area contributed by atoms with Crippen LogP contribution in [0.3, 0.4) is 0 Å².